The number of imidazole rings is 1. The first-order chi connectivity index (χ1) is 10.3. The van der Waals surface area contributed by atoms with Crippen LogP contribution in [0.2, 0.25) is 0 Å². The molecule has 3 aromatic heterocycles. The Morgan fingerprint density at radius 3 is 2.95 bits per heavy atom. The largest absolute Gasteiger partial charge is 0.309 e. The summed E-state index contributed by atoms with van der Waals surface area (Å²) < 4.78 is 2.11. The molecule has 1 unspecified atom stereocenters. The van der Waals surface area contributed by atoms with Crippen LogP contribution in [0.25, 0.3) is 4.96 Å². The summed E-state index contributed by atoms with van der Waals surface area (Å²) in [5, 5.41) is 5.75. The Labute approximate surface area is 133 Å². The van der Waals surface area contributed by atoms with Gasteiger partial charge in [0.1, 0.15) is 0 Å². The van der Waals surface area contributed by atoms with E-state index in [0.717, 1.165) is 30.8 Å². The Morgan fingerprint density at radius 2 is 2.24 bits per heavy atom. The standard InChI is InChI=1S/C16H21N3S2/c1-3-7-17-14(15-6-5-13(4-2)21-15)10-12-11-19-8-9-20-16(19)18-12/h5-6,8-9,11,14,17H,3-4,7,10H2,1-2H3. The second-order valence-corrected chi connectivity index (χ2v) is 7.27. The summed E-state index contributed by atoms with van der Waals surface area (Å²) in [5.41, 5.74) is 1.17. The summed E-state index contributed by atoms with van der Waals surface area (Å²) in [6.45, 7) is 5.47. The van der Waals surface area contributed by atoms with Crippen molar-refractivity contribution in [3.63, 3.8) is 0 Å². The van der Waals surface area contributed by atoms with Crippen molar-refractivity contribution in [2.24, 2.45) is 0 Å². The highest BCUT2D eigenvalue weighted by molar-refractivity contribution is 7.15. The van der Waals surface area contributed by atoms with Crippen molar-refractivity contribution in [3.05, 3.63) is 45.4 Å². The number of nitrogens with zero attached hydrogens (tertiary/aromatic N) is 2. The average Bonchev–Trinajstić information content (AvgIpc) is 3.18. The number of thiazole rings is 1. The molecule has 3 aromatic rings. The van der Waals surface area contributed by atoms with Gasteiger partial charge in [0, 0.05) is 40.0 Å². The predicted molar refractivity (Wildman–Crippen MR) is 91.5 cm³/mol. The van der Waals surface area contributed by atoms with Crippen molar-refractivity contribution in [1.29, 1.82) is 0 Å². The van der Waals surface area contributed by atoms with Crippen LogP contribution >= 0.6 is 22.7 Å². The van der Waals surface area contributed by atoms with E-state index in [-0.39, 0.29) is 0 Å². The van der Waals surface area contributed by atoms with E-state index in [9.17, 15) is 0 Å². The van der Waals surface area contributed by atoms with Crippen LogP contribution in [0.4, 0.5) is 0 Å². The molecule has 0 saturated carbocycles. The normalized spacial score (nSPS) is 13.0. The van der Waals surface area contributed by atoms with Crippen molar-refractivity contribution in [3.8, 4) is 0 Å². The molecule has 0 aliphatic carbocycles. The van der Waals surface area contributed by atoms with Crippen molar-refractivity contribution in [2.45, 2.75) is 39.2 Å². The molecule has 3 heterocycles. The number of aryl methyl sites for hydroxylation is 1. The van der Waals surface area contributed by atoms with Gasteiger partial charge in [0.25, 0.3) is 0 Å². The van der Waals surface area contributed by atoms with Gasteiger partial charge in [-0.15, -0.1) is 22.7 Å². The molecule has 21 heavy (non-hydrogen) atoms. The van der Waals surface area contributed by atoms with Crippen molar-refractivity contribution in [1.82, 2.24) is 14.7 Å². The molecule has 1 atom stereocenters. The third-order valence-corrected chi connectivity index (χ3v) is 5.69. The minimum Gasteiger partial charge on any atom is -0.309 e. The SMILES string of the molecule is CCCNC(Cc1cn2ccsc2n1)c1ccc(CC)s1. The zero-order valence-electron chi connectivity index (χ0n) is 12.5. The van der Waals surface area contributed by atoms with Crippen LogP contribution in [0.5, 0.6) is 0 Å². The van der Waals surface area contributed by atoms with Gasteiger partial charge in [-0.05, 0) is 31.5 Å². The highest BCUT2D eigenvalue weighted by Crippen LogP contribution is 2.27. The summed E-state index contributed by atoms with van der Waals surface area (Å²) in [6, 6.07) is 4.90. The number of nitrogens with one attached hydrogen (secondary N) is 1. The molecule has 5 heteroatoms. The molecule has 0 bridgehead atoms. The van der Waals surface area contributed by atoms with Crippen LogP contribution in [-0.2, 0) is 12.8 Å². The second-order valence-electron chi connectivity index (χ2n) is 5.19. The Balaban J connectivity index is 1.79. The summed E-state index contributed by atoms with van der Waals surface area (Å²) >= 11 is 3.62. The zero-order valence-corrected chi connectivity index (χ0v) is 14.1. The molecule has 112 valence electrons. The third kappa shape index (κ3) is 3.36. The van der Waals surface area contributed by atoms with E-state index >= 15 is 0 Å². The Hall–Kier alpha value is -1.17. The van der Waals surface area contributed by atoms with E-state index in [4.69, 9.17) is 4.98 Å². The molecule has 0 amide bonds. The van der Waals surface area contributed by atoms with Gasteiger partial charge >= 0.3 is 0 Å². The maximum atomic E-state index is 4.72. The summed E-state index contributed by atoms with van der Waals surface area (Å²) in [5.74, 6) is 0. The molecule has 0 aliphatic rings. The maximum Gasteiger partial charge on any atom is 0.193 e. The minimum atomic E-state index is 0.375. The van der Waals surface area contributed by atoms with E-state index in [1.165, 1.54) is 15.4 Å². The lowest BCUT2D eigenvalue weighted by Crippen LogP contribution is -2.23. The molecule has 0 spiro atoms. The molecule has 3 rings (SSSR count). The molecule has 0 radical (unpaired) electrons. The molecular weight excluding hydrogens is 298 g/mol. The molecule has 0 fully saturated rings. The Kier molecular flexibility index (Phi) is 4.73. The third-order valence-electron chi connectivity index (χ3n) is 3.57. The number of rotatable bonds is 7. The molecule has 0 aliphatic heterocycles. The monoisotopic (exact) mass is 319 g/mol. The minimum absolute atomic E-state index is 0.375. The van der Waals surface area contributed by atoms with Gasteiger partial charge in [-0.1, -0.05) is 13.8 Å². The summed E-state index contributed by atoms with van der Waals surface area (Å²) in [4.78, 5) is 8.69. The van der Waals surface area contributed by atoms with Crippen LogP contribution in [-0.4, -0.2) is 15.9 Å². The van der Waals surface area contributed by atoms with E-state index < -0.39 is 0 Å². The first-order valence-electron chi connectivity index (χ1n) is 7.53. The topological polar surface area (TPSA) is 29.3 Å². The highest BCUT2D eigenvalue weighted by Gasteiger charge is 2.16. The molecule has 3 nitrogen and oxygen atoms in total. The first-order valence-corrected chi connectivity index (χ1v) is 9.22. The number of hydrogen-bond acceptors (Lipinski definition) is 4. The molecular formula is C16H21N3S2. The fourth-order valence-corrected chi connectivity index (χ4v) is 4.19. The smallest absolute Gasteiger partial charge is 0.193 e. The number of hydrogen-bond donors (Lipinski definition) is 1. The van der Waals surface area contributed by atoms with E-state index in [1.807, 2.05) is 11.3 Å². The van der Waals surface area contributed by atoms with E-state index in [2.05, 4.69) is 53.5 Å². The van der Waals surface area contributed by atoms with E-state index in [0.29, 0.717) is 6.04 Å². The van der Waals surface area contributed by atoms with Crippen LogP contribution in [0.15, 0.2) is 29.9 Å². The van der Waals surface area contributed by atoms with Crippen molar-refractivity contribution >= 4 is 27.6 Å². The van der Waals surface area contributed by atoms with Gasteiger partial charge in [-0.25, -0.2) is 4.98 Å². The summed E-state index contributed by atoms with van der Waals surface area (Å²) in [7, 11) is 0. The first kappa shape index (κ1) is 14.8. The van der Waals surface area contributed by atoms with E-state index in [1.54, 1.807) is 11.3 Å². The second kappa shape index (κ2) is 6.73. The van der Waals surface area contributed by atoms with Crippen LogP contribution in [0.3, 0.4) is 0 Å². The van der Waals surface area contributed by atoms with Gasteiger partial charge in [0.15, 0.2) is 4.96 Å². The van der Waals surface area contributed by atoms with Gasteiger partial charge in [0.2, 0.25) is 0 Å². The fourth-order valence-electron chi connectivity index (χ4n) is 2.45. The molecule has 1 N–H and O–H groups in total. The number of thiophene rings is 1. The van der Waals surface area contributed by atoms with Crippen molar-refractivity contribution in [2.75, 3.05) is 6.54 Å². The van der Waals surface area contributed by atoms with Gasteiger partial charge < -0.3 is 5.32 Å². The number of aromatic nitrogens is 2. The Bertz CT molecular complexity index is 667. The molecule has 0 saturated heterocycles. The Morgan fingerprint density at radius 1 is 1.33 bits per heavy atom. The van der Waals surface area contributed by atoms with Gasteiger partial charge in [-0.3, -0.25) is 4.40 Å². The van der Waals surface area contributed by atoms with Gasteiger partial charge in [0.05, 0.1) is 5.69 Å². The van der Waals surface area contributed by atoms with Gasteiger partial charge in [-0.2, -0.15) is 0 Å². The van der Waals surface area contributed by atoms with Crippen molar-refractivity contribution < 1.29 is 0 Å². The lowest BCUT2D eigenvalue weighted by Gasteiger charge is -2.16. The fraction of sp³-hybridized carbons (Fsp3) is 0.438. The highest BCUT2D eigenvalue weighted by atomic mass is 32.1. The number of fused-ring (bicyclic) bond motifs is 1. The average molecular weight is 319 g/mol. The van der Waals surface area contributed by atoms with Crippen LogP contribution in [0, 0.1) is 0 Å². The lowest BCUT2D eigenvalue weighted by molar-refractivity contribution is 0.532. The summed E-state index contributed by atoms with van der Waals surface area (Å²) in [6.07, 6.45) is 7.45. The van der Waals surface area contributed by atoms with Crippen LogP contribution < -0.4 is 5.32 Å². The zero-order chi connectivity index (χ0) is 14.7. The lowest BCUT2D eigenvalue weighted by atomic mass is 10.1. The predicted octanol–water partition coefficient (Wildman–Crippen LogP) is 4.30. The van der Waals surface area contributed by atoms with Crippen LogP contribution in [0.1, 0.15) is 41.8 Å². The molecule has 0 aromatic carbocycles. The quantitative estimate of drug-likeness (QED) is 0.703. The maximum absolute atomic E-state index is 4.72.